The van der Waals surface area contributed by atoms with Crippen molar-refractivity contribution in [2.24, 2.45) is 0 Å². The summed E-state index contributed by atoms with van der Waals surface area (Å²) in [5.74, 6) is -0.118. The first kappa shape index (κ1) is 18.7. The number of nitrogens with zero attached hydrogens (tertiary/aromatic N) is 1. The minimum Gasteiger partial charge on any atom is -0.339 e. The molecule has 2 aromatic rings. The standard InChI is InChI=1S/C22H24FNOS/c1-16-15-21(26-20-9-7-19(23)8-10-20)17(2)14-18(16)6-11-22(25)24-12-4-3-5-13-24/h6-11,14-15H,3-5,12-13H2,1-2H3/b11-6+. The largest absolute Gasteiger partial charge is 0.339 e. The van der Waals surface area contributed by atoms with Gasteiger partial charge in [-0.2, -0.15) is 0 Å². The Kier molecular flexibility index (Phi) is 6.15. The molecule has 0 bridgehead atoms. The zero-order valence-electron chi connectivity index (χ0n) is 15.3. The maximum atomic E-state index is 13.1. The highest BCUT2D eigenvalue weighted by Crippen LogP contribution is 2.32. The second kappa shape index (κ2) is 8.54. The summed E-state index contributed by atoms with van der Waals surface area (Å²) in [6.45, 7) is 5.86. The van der Waals surface area contributed by atoms with E-state index in [1.54, 1.807) is 30.0 Å². The average molecular weight is 370 g/mol. The van der Waals surface area contributed by atoms with Crippen molar-refractivity contribution in [2.45, 2.75) is 42.9 Å². The van der Waals surface area contributed by atoms with E-state index < -0.39 is 0 Å². The van der Waals surface area contributed by atoms with E-state index >= 15 is 0 Å². The number of carbonyl (C=O) groups excluding carboxylic acids is 1. The van der Waals surface area contributed by atoms with Crippen LogP contribution in [0.25, 0.3) is 6.08 Å². The molecule has 1 saturated heterocycles. The number of hydrogen-bond donors (Lipinski definition) is 0. The summed E-state index contributed by atoms with van der Waals surface area (Å²) in [7, 11) is 0. The SMILES string of the molecule is Cc1cc(Sc2ccc(F)cc2)c(C)cc1/C=C/C(=O)N1CCCCC1. The van der Waals surface area contributed by atoms with Crippen molar-refractivity contribution in [3.8, 4) is 0 Å². The van der Waals surface area contributed by atoms with Crippen LogP contribution in [0.5, 0.6) is 0 Å². The number of benzene rings is 2. The third-order valence-electron chi connectivity index (χ3n) is 4.68. The lowest BCUT2D eigenvalue weighted by molar-refractivity contribution is -0.126. The Labute approximate surface area is 159 Å². The van der Waals surface area contributed by atoms with Crippen LogP contribution >= 0.6 is 11.8 Å². The molecule has 1 fully saturated rings. The van der Waals surface area contributed by atoms with Gasteiger partial charge in [0.15, 0.2) is 0 Å². The van der Waals surface area contributed by atoms with Gasteiger partial charge in [0, 0.05) is 29.0 Å². The second-order valence-electron chi connectivity index (χ2n) is 6.75. The molecule has 0 aliphatic carbocycles. The zero-order chi connectivity index (χ0) is 18.5. The molecule has 2 aromatic carbocycles. The van der Waals surface area contributed by atoms with Crippen LogP contribution in [-0.4, -0.2) is 23.9 Å². The minimum absolute atomic E-state index is 0.103. The van der Waals surface area contributed by atoms with Gasteiger partial charge in [0.2, 0.25) is 5.91 Å². The first-order valence-electron chi connectivity index (χ1n) is 9.04. The lowest BCUT2D eigenvalue weighted by Gasteiger charge is -2.25. The van der Waals surface area contributed by atoms with E-state index in [9.17, 15) is 9.18 Å². The molecule has 1 amide bonds. The van der Waals surface area contributed by atoms with E-state index in [-0.39, 0.29) is 11.7 Å². The van der Waals surface area contributed by atoms with Crippen molar-refractivity contribution < 1.29 is 9.18 Å². The predicted octanol–water partition coefficient (Wildman–Crippen LogP) is 5.62. The number of hydrogen-bond acceptors (Lipinski definition) is 2. The third kappa shape index (κ3) is 4.76. The second-order valence-corrected chi connectivity index (χ2v) is 7.86. The van der Waals surface area contributed by atoms with Crippen LogP contribution < -0.4 is 0 Å². The topological polar surface area (TPSA) is 20.3 Å². The van der Waals surface area contributed by atoms with Crippen molar-refractivity contribution in [1.82, 2.24) is 4.90 Å². The molecular weight excluding hydrogens is 345 g/mol. The lowest BCUT2D eigenvalue weighted by atomic mass is 10.0. The predicted molar refractivity (Wildman–Crippen MR) is 106 cm³/mol. The zero-order valence-corrected chi connectivity index (χ0v) is 16.1. The summed E-state index contributed by atoms with van der Waals surface area (Å²) in [5.41, 5.74) is 3.34. The quantitative estimate of drug-likeness (QED) is 0.652. The number of piperidine rings is 1. The van der Waals surface area contributed by atoms with Gasteiger partial charge in [-0.1, -0.05) is 17.8 Å². The van der Waals surface area contributed by atoms with Crippen LogP contribution in [0, 0.1) is 19.7 Å². The Bertz CT molecular complexity index is 808. The molecular formula is C22H24FNOS. The smallest absolute Gasteiger partial charge is 0.246 e. The van der Waals surface area contributed by atoms with E-state index in [0.29, 0.717) is 0 Å². The van der Waals surface area contributed by atoms with Crippen LogP contribution in [-0.2, 0) is 4.79 Å². The van der Waals surface area contributed by atoms with Crippen molar-refractivity contribution in [1.29, 1.82) is 0 Å². The van der Waals surface area contributed by atoms with Gasteiger partial charge in [0.1, 0.15) is 5.82 Å². The van der Waals surface area contributed by atoms with Crippen LogP contribution in [0.2, 0.25) is 0 Å². The molecule has 0 aromatic heterocycles. The lowest BCUT2D eigenvalue weighted by Crippen LogP contribution is -2.34. The highest BCUT2D eigenvalue weighted by atomic mass is 32.2. The molecule has 0 atom stereocenters. The van der Waals surface area contributed by atoms with E-state index in [4.69, 9.17) is 0 Å². The maximum Gasteiger partial charge on any atom is 0.246 e. The molecule has 1 heterocycles. The summed E-state index contributed by atoms with van der Waals surface area (Å²) in [4.78, 5) is 16.4. The Morgan fingerprint density at radius 2 is 1.73 bits per heavy atom. The summed E-state index contributed by atoms with van der Waals surface area (Å²) in [5, 5.41) is 0. The van der Waals surface area contributed by atoms with Crippen LogP contribution in [0.15, 0.2) is 52.3 Å². The molecule has 1 aliphatic heterocycles. The van der Waals surface area contributed by atoms with E-state index in [1.165, 1.54) is 18.6 Å². The van der Waals surface area contributed by atoms with Crippen LogP contribution in [0.3, 0.4) is 0 Å². The molecule has 0 spiro atoms. The summed E-state index contributed by atoms with van der Waals surface area (Å²) >= 11 is 1.63. The monoisotopic (exact) mass is 369 g/mol. The number of amides is 1. The summed E-state index contributed by atoms with van der Waals surface area (Å²) in [6, 6.07) is 10.8. The van der Waals surface area contributed by atoms with Crippen molar-refractivity contribution in [3.05, 3.63) is 65.0 Å². The minimum atomic E-state index is -0.221. The van der Waals surface area contributed by atoms with Gasteiger partial charge >= 0.3 is 0 Å². The number of halogens is 1. The molecule has 136 valence electrons. The molecule has 26 heavy (non-hydrogen) atoms. The van der Waals surface area contributed by atoms with E-state index in [1.807, 2.05) is 11.0 Å². The molecule has 1 aliphatic rings. The Hall–Kier alpha value is -2.07. The van der Waals surface area contributed by atoms with Crippen molar-refractivity contribution in [2.75, 3.05) is 13.1 Å². The normalized spacial score (nSPS) is 14.8. The molecule has 0 N–H and O–H groups in total. The van der Waals surface area contributed by atoms with Crippen molar-refractivity contribution >= 4 is 23.7 Å². The Balaban J connectivity index is 1.73. The van der Waals surface area contributed by atoms with Gasteiger partial charge in [0.25, 0.3) is 0 Å². The molecule has 3 rings (SSSR count). The number of carbonyl (C=O) groups is 1. The molecule has 0 saturated carbocycles. The maximum absolute atomic E-state index is 13.1. The fourth-order valence-corrected chi connectivity index (χ4v) is 4.09. The fraction of sp³-hybridized carbons (Fsp3) is 0.318. The Morgan fingerprint density at radius 1 is 1.04 bits per heavy atom. The molecule has 2 nitrogen and oxygen atoms in total. The van der Waals surface area contributed by atoms with Crippen molar-refractivity contribution in [3.63, 3.8) is 0 Å². The van der Waals surface area contributed by atoms with Crippen LogP contribution in [0.4, 0.5) is 4.39 Å². The van der Waals surface area contributed by atoms with Gasteiger partial charge < -0.3 is 4.90 Å². The van der Waals surface area contributed by atoms with Gasteiger partial charge in [-0.15, -0.1) is 0 Å². The first-order valence-corrected chi connectivity index (χ1v) is 9.86. The molecule has 0 unspecified atom stereocenters. The molecule has 4 heteroatoms. The summed E-state index contributed by atoms with van der Waals surface area (Å²) in [6.07, 6.45) is 7.05. The number of rotatable bonds is 4. The Morgan fingerprint density at radius 3 is 2.42 bits per heavy atom. The first-order chi connectivity index (χ1) is 12.5. The number of aryl methyl sites for hydroxylation is 2. The van der Waals surface area contributed by atoms with Gasteiger partial charge in [-0.3, -0.25) is 4.79 Å². The van der Waals surface area contributed by atoms with Gasteiger partial charge in [0.05, 0.1) is 0 Å². The van der Waals surface area contributed by atoms with Gasteiger partial charge in [-0.05, 0) is 86.2 Å². The average Bonchev–Trinajstić information content (AvgIpc) is 2.65. The van der Waals surface area contributed by atoms with Crippen LogP contribution in [0.1, 0.15) is 36.0 Å². The van der Waals surface area contributed by atoms with E-state index in [2.05, 4.69) is 26.0 Å². The van der Waals surface area contributed by atoms with Gasteiger partial charge in [-0.25, -0.2) is 4.39 Å². The van der Waals surface area contributed by atoms with E-state index in [0.717, 1.165) is 52.4 Å². The fourth-order valence-electron chi connectivity index (χ4n) is 3.11. The third-order valence-corrected chi connectivity index (χ3v) is 5.85. The highest BCUT2D eigenvalue weighted by molar-refractivity contribution is 7.99. The summed E-state index contributed by atoms with van der Waals surface area (Å²) < 4.78 is 13.1. The highest BCUT2D eigenvalue weighted by Gasteiger charge is 2.14. The molecule has 0 radical (unpaired) electrons. The number of likely N-dealkylation sites (tertiary alicyclic amines) is 1.